The minimum atomic E-state index is -0.291. The first kappa shape index (κ1) is 18.6. The molecule has 1 saturated heterocycles. The maximum atomic E-state index is 12.9. The smallest absolute Gasteiger partial charge is 0.254 e. The summed E-state index contributed by atoms with van der Waals surface area (Å²) < 4.78 is 0. The van der Waals surface area contributed by atoms with Crippen molar-refractivity contribution < 1.29 is 14.7 Å². The first-order valence-corrected chi connectivity index (χ1v) is 8.69. The second-order valence-electron chi connectivity index (χ2n) is 6.53. The molecule has 1 heterocycles. The van der Waals surface area contributed by atoms with Gasteiger partial charge in [-0.15, -0.1) is 0 Å². The SMILES string of the molecule is CO/N=C1\CC(CO)N(C(=O)c2ccc(-c3cc(C#N)ccc3C)cc2)C1. The van der Waals surface area contributed by atoms with Crippen LogP contribution in [0.2, 0.25) is 0 Å². The molecule has 1 unspecified atom stereocenters. The van der Waals surface area contributed by atoms with E-state index in [0.29, 0.717) is 24.1 Å². The van der Waals surface area contributed by atoms with Crippen molar-refractivity contribution in [3.63, 3.8) is 0 Å². The van der Waals surface area contributed by atoms with Gasteiger partial charge in [-0.1, -0.05) is 23.4 Å². The third kappa shape index (κ3) is 3.83. The highest BCUT2D eigenvalue weighted by Crippen LogP contribution is 2.26. The highest BCUT2D eigenvalue weighted by atomic mass is 16.6. The van der Waals surface area contributed by atoms with Crippen molar-refractivity contribution in [2.45, 2.75) is 19.4 Å². The molecule has 138 valence electrons. The van der Waals surface area contributed by atoms with Crippen molar-refractivity contribution in [2.24, 2.45) is 5.16 Å². The van der Waals surface area contributed by atoms with Crippen LogP contribution in [0.5, 0.6) is 0 Å². The summed E-state index contributed by atoms with van der Waals surface area (Å²) in [6.07, 6.45) is 0.508. The molecule has 6 heteroatoms. The molecule has 0 aromatic heterocycles. The molecule has 2 aromatic rings. The van der Waals surface area contributed by atoms with Gasteiger partial charge in [-0.3, -0.25) is 4.79 Å². The zero-order valence-corrected chi connectivity index (χ0v) is 15.3. The van der Waals surface area contributed by atoms with Crippen molar-refractivity contribution >= 4 is 11.6 Å². The van der Waals surface area contributed by atoms with Crippen LogP contribution in [0.25, 0.3) is 11.1 Å². The minimum Gasteiger partial charge on any atom is -0.399 e. The molecule has 6 nitrogen and oxygen atoms in total. The number of carbonyl (C=O) groups excluding carboxylic acids is 1. The summed E-state index contributed by atoms with van der Waals surface area (Å²) >= 11 is 0. The first-order valence-electron chi connectivity index (χ1n) is 8.69. The Balaban J connectivity index is 1.84. The first-order chi connectivity index (χ1) is 13.1. The third-order valence-electron chi connectivity index (χ3n) is 4.77. The number of hydrogen-bond donors (Lipinski definition) is 1. The normalized spacial score (nSPS) is 17.8. The van der Waals surface area contributed by atoms with Gasteiger partial charge in [0.1, 0.15) is 7.11 Å². The molecule has 3 rings (SSSR count). The number of aliphatic hydroxyl groups excluding tert-OH is 1. The molecule has 1 aliphatic rings. The summed E-state index contributed by atoms with van der Waals surface area (Å²) in [6, 6.07) is 14.7. The van der Waals surface area contributed by atoms with Gasteiger partial charge in [-0.2, -0.15) is 5.26 Å². The van der Waals surface area contributed by atoms with E-state index in [1.807, 2.05) is 31.2 Å². The number of benzene rings is 2. The average Bonchev–Trinajstić information content (AvgIpc) is 3.11. The lowest BCUT2D eigenvalue weighted by Crippen LogP contribution is -2.37. The van der Waals surface area contributed by atoms with Crippen LogP contribution >= 0.6 is 0 Å². The number of aryl methyl sites for hydroxylation is 1. The Hall–Kier alpha value is -3.17. The van der Waals surface area contributed by atoms with Crippen LogP contribution in [0.1, 0.15) is 27.9 Å². The van der Waals surface area contributed by atoms with Crippen LogP contribution in [0, 0.1) is 18.3 Å². The van der Waals surface area contributed by atoms with Gasteiger partial charge in [0.2, 0.25) is 0 Å². The quantitative estimate of drug-likeness (QED) is 0.847. The number of nitriles is 1. The van der Waals surface area contributed by atoms with Gasteiger partial charge < -0.3 is 14.8 Å². The lowest BCUT2D eigenvalue weighted by Gasteiger charge is -2.22. The monoisotopic (exact) mass is 363 g/mol. The fraction of sp³-hybridized carbons (Fsp3) is 0.286. The Bertz CT molecular complexity index is 913. The summed E-state index contributed by atoms with van der Waals surface area (Å²) in [5, 5.41) is 22.6. The van der Waals surface area contributed by atoms with Gasteiger partial charge in [0.05, 0.1) is 36.5 Å². The summed E-state index contributed by atoms with van der Waals surface area (Å²) in [5.74, 6) is -0.149. The molecule has 1 amide bonds. The summed E-state index contributed by atoms with van der Waals surface area (Å²) in [7, 11) is 1.47. The molecular weight excluding hydrogens is 342 g/mol. The zero-order chi connectivity index (χ0) is 19.4. The Kier molecular flexibility index (Phi) is 5.53. The van der Waals surface area contributed by atoms with Crippen LogP contribution in [0.4, 0.5) is 0 Å². The van der Waals surface area contributed by atoms with Gasteiger partial charge in [0.25, 0.3) is 5.91 Å². The van der Waals surface area contributed by atoms with Gasteiger partial charge in [-0.25, -0.2) is 0 Å². The van der Waals surface area contributed by atoms with E-state index < -0.39 is 0 Å². The molecule has 0 radical (unpaired) electrons. The third-order valence-corrected chi connectivity index (χ3v) is 4.77. The topological polar surface area (TPSA) is 85.9 Å². The van der Waals surface area contributed by atoms with Crippen molar-refractivity contribution in [3.05, 3.63) is 59.2 Å². The standard InChI is InChI=1S/C21H21N3O3/c1-14-3-4-15(11-22)9-20(14)16-5-7-17(8-6-16)21(26)24-12-18(23-27-2)10-19(24)13-25/h3-9,19,25H,10,12-13H2,1-2H3/b23-18+. The number of carbonyl (C=O) groups is 1. The van der Waals surface area contributed by atoms with Gasteiger partial charge in [0.15, 0.2) is 0 Å². The summed E-state index contributed by atoms with van der Waals surface area (Å²) in [6.45, 7) is 2.22. The van der Waals surface area contributed by atoms with E-state index in [-0.39, 0.29) is 18.6 Å². The maximum Gasteiger partial charge on any atom is 0.254 e. The molecule has 0 saturated carbocycles. The van der Waals surface area contributed by atoms with Gasteiger partial charge in [-0.05, 0) is 47.9 Å². The van der Waals surface area contributed by atoms with Crippen molar-refractivity contribution in [1.29, 1.82) is 5.26 Å². The highest BCUT2D eigenvalue weighted by Gasteiger charge is 2.33. The van der Waals surface area contributed by atoms with Gasteiger partial charge >= 0.3 is 0 Å². The number of amides is 1. The average molecular weight is 363 g/mol. The Morgan fingerprint density at radius 3 is 2.70 bits per heavy atom. The Morgan fingerprint density at radius 2 is 2.07 bits per heavy atom. The van der Waals surface area contributed by atoms with Crippen LogP contribution in [-0.4, -0.2) is 47.9 Å². The number of likely N-dealkylation sites (tertiary alicyclic amines) is 1. The molecule has 1 fully saturated rings. The van der Waals surface area contributed by atoms with Crippen LogP contribution < -0.4 is 0 Å². The largest absolute Gasteiger partial charge is 0.399 e. The molecule has 0 bridgehead atoms. The number of nitrogens with zero attached hydrogens (tertiary/aromatic N) is 3. The van der Waals surface area contributed by atoms with E-state index in [4.69, 9.17) is 10.1 Å². The summed E-state index contributed by atoms with van der Waals surface area (Å²) in [4.78, 5) is 19.3. The second kappa shape index (κ2) is 8.02. The zero-order valence-electron chi connectivity index (χ0n) is 15.3. The van der Waals surface area contributed by atoms with Crippen LogP contribution in [0.15, 0.2) is 47.6 Å². The van der Waals surface area contributed by atoms with E-state index >= 15 is 0 Å². The molecule has 1 atom stereocenters. The molecule has 2 aromatic carbocycles. The van der Waals surface area contributed by atoms with Crippen molar-refractivity contribution in [3.8, 4) is 17.2 Å². The number of hydrogen-bond acceptors (Lipinski definition) is 5. The van der Waals surface area contributed by atoms with E-state index in [1.165, 1.54) is 7.11 Å². The lowest BCUT2D eigenvalue weighted by molar-refractivity contribution is 0.0680. The molecule has 1 N–H and O–H groups in total. The predicted octanol–water partition coefficient (Wildman–Crippen LogP) is 2.74. The van der Waals surface area contributed by atoms with Gasteiger partial charge in [0, 0.05) is 12.0 Å². The lowest BCUT2D eigenvalue weighted by atomic mass is 9.97. The molecule has 1 aliphatic heterocycles. The number of aliphatic hydroxyl groups is 1. The van der Waals surface area contributed by atoms with E-state index in [0.717, 1.165) is 22.4 Å². The van der Waals surface area contributed by atoms with Crippen LogP contribution in [-0.2, 0) is 4.84 Å². The fourth-order valence-electron chi connectivity index (χ4n) is 3.33. The highest BCUT2D eigenvalue weighted by molar-refractivity contribution is 6.00. The second-order valence-corrected chi connectivity index (χ2v) is 6.53. The van der Waals surface area contributed by atoms with E-state index in [9.17, 15) is 9.90 Å². The number of oxime groups is 1. The molecule has 27 heavy (non-hydrogen) atoms. The van der Waals surface area contributed by atoms with E-state index in [2.05, 4.69) is 11.2 Å². The fourth-order valence-corrected chi connectivity index (χ4v) is 3.33. The number of rotatable bonds is 4. The maximum absolute atomic E-state index is 12.9. The van der Waals surface area contributed by atoms with E-state index in [1.54, 1.807) is 23.1 Å². The predicted molar refractivity (Wildman–Crippen MR) is 102 cm³/mol. The van der Waals surface area contributed by atoms with Crippen molar-refractivity contribution in [1.82, 2.24) is 4.90 Å². The molecule has 0 aliphatic carbocycles. The molecule has 0 spiro atoms. The van der Waals surface area contributed by atoms with Crippen LogP contribution in [0.3, 0.4) is 0 Å². The Labute approximate surface area is 158 Å². The van der Waals surface area contributed by atoms with Crippen molar-refractivity contribution in [2.75, 3.05) is 20.3 Å². The minimum absolute atomic E-state index is 0.118. The molecular formula is C21H21N3O3. The summed E-state index contributed by atoms with van der Waals surface area (Å²) in [5.41, 5.74) is 4.87. The Morgan fingerprint density at radius 1 is 1.33 bits per heavy atom.